The molecule has 10 aromatic carbocycles. The topological polar surface area (TPSA) is 25.6 Å². The molecule has 63 heavy (non-hydrogen) atoms. The van der Waals surface area contributed by atoms with E-state index in [9.17, 15) is 26.0 Å². The number of benzene rings is 10. The Bertz CT molecular complexity index is 5570. The quantitative estimate of drug-likeness (QED) is 0.172. The van der Waals surface area contributed by atoms with Crippen LogP contribution in [0.25, 0.3) is 55.0 Å². The highest BCUT2D eigenvalue weighted by atomic mass is 32.2. The van der Waals surface area contributed by atoms with Crippen LogP contribution in [0.15, 0.2) is 238 Å². The standard InChI is InChI=1S/C59H37NO2S/c1-2-13-38(14-3-1)39-25-30-42(31-26-39)60(44-34-36-47-48-35-29-40-15-4-5-16-45(40)57(48)62-55(47)37-44)43-32-27-41(28-33-43)46-17-12-21-52-58(46)63-56-24-11-8-20-51(56)59(52)49-18-6-9-22-53(49)61-54-23-10-7-19-50(54)59/h1-37H/i1D,2D,3D,4D,5D,6D,7D,8D,9D,10D,11D,12D,13D,14D,15D,16D,17D,18D,19D,21D,22D,23D,24D,25D,26D,27D,28D,29D,30D,31D,32D,33D,34D,35D,36D,37D. The first-order valence-corrected chi connectivity index (χ1v) is 19.3. The van der Waals surface area contributed by atoms with Gasteiger partial charge in [0.2, 0.25) is 0 Å². The van der Waals surface area contributed by atoms with E-state index in [-0.39, 0.29) is 0 Å². The van der Waals surface area contributed by atoms with Gasteiger partial charge < -0.3 is 14.1 Å². The first-order valence-electron chi connectivity index (χ1n) is 36.5. The van der Waals surface area contributed by atoms with Crippen molar-refractivity contribution in [3.05, 3.63) is 246 Å². The number of hydrogen-bond acceptors (Lipinski definition) is 4. The lowest BCUT2D eigenvalue weighted by Crippen LogP contribution is -2.36. The van der Waals surface area contributed by atoms with Crippen molar-refractivity contribution >= 4 is 61.5 Å². The van der Waals surface area contributed by atoms with E-state index in [0.717, 1.165) is 6.07 Å². The van der Waals surface area contributed by atoms with Crippen LogP contribution in [-0.4, -0.2) is 0 Å². The number of ether oxygens (including phenoxy) is 1. The molecule has 0 bridgehead atoms. The highest BCUT2D eigenvalue weighted by Crippen LogP contribution is 2.62. The molecule has 0 N–H and O–H groups in total. The highest BCUT2D eigenvalue weighted by Gasteiger charge is 2.49. The van der Waals surface area contributed by atoms with Crippen LogP contribution in [0.1, 0.15) is 71.6 Å². The smallest absolute Gasteiger partial charge is 0.143 e. The molecular weight excluding hydrogens is 787 g/mol. The van der Waals surface area contributed by atoms with Crippen LogP contribution in [0, 0.1) is 0 Å². The Morgan fingerprint density at radius 2 is 1.06 bits per heavy atom. The lowest BCUT2D eigenvalue weighted by Gasteiger charge is -2.45. The first-order chi connectivity index (χ1) is 46.2. The van der Waals surface area contributed by atoms with E-state index >= 15 is 0 Å². The van der Waals surface area contributed by atoms with Gasteiger partial charge in [-0.15, -0.1) is 0 Å². The Morgan fingerprint density at radius 1 is 0.444 bits per heavy atom. The first kappa shape index (κ1) is 15.2. The molecule has 2 aliphatic rings. The lowest BCUT2D eigenvalue weighted by molar-refractivity contribution is 0.431. The Hall–Kier alpha value is -7.79. The maximum absolute atomic E-state index is 10.1. The molecule has 1 spiro atoms. The Kier molecular flexibility index (Phi) is 3.42. The molecule has 4 heteroatoms. The summed E-state index contributed by atoms with van der Waals surface area (Å²) in [7, 11) is 0. The summed E-state index contributed by atoms with van der Waals surface area (Å²) in [6, 6.07) is -36.7. The molecule has 0 radical (unpaired) electrons. The van der Waals surface area contributed by atoms with Gasteiger partial charge in [0.1, 0.15) is 22.7 Å². The summed E-state index contributed by atoms with van der Waals surface area (Å²) in [5, 5.41) is -2.27. The summed E-state index contributed by atoms with van der Waals surface area (Å²) in [5.74, 6) is -1.69. The number of furan rings is 1. The average Bonchev–Trinajstić information content (AvgIpc) is 0.718. The number of para-hydroxylation sites is 2. The van der Waals surface area contributed by atoms with Gasteiger partial charge in [0.15, 0.2) is 0 Å². The molecular formula is C59H37NO2S. The fourth-order valence-corrected chi connectivity index (χ4v) is 8.89. The average molecular weight is 860 g/mol. The largest absolute Gasteiger partial charge is 0.457 e. The van der Waals surface area contributed by atoms with Gasteiger partial charge in [-0.2, -0.15) is 0 Å². The maximum Gasteiger partial charge on any atom is 0.143 e. The van der Waals surface area contributed by atoms with Crippen molar-refractivity contribution in [1.82, 2.24) is 0 Å². The second-order valence-electron chi connectivity index (χ2n) is 13.6. The summed E-state index contributed by atoms with van der Waals surface area (Å²) < 4.78 is 345. The van der Waals surface area contributed by atoms with Gasteiger partial charge in [0.25, 0.3) is 0 Å². The van der Waals surface area contributed by atoms with Crippen molar-refractivity contribution in [3.63, 3.8) is 0 Å². The molecule has 0 atom stereocenters. The molecule has 0 aliphatic carbocycles. The van der Waals surface area contributed by atoms with Crippen molar-refractivity contribution in [1.29, 1.82) is 0 Å². The minimum atomic E-state index is -2.93. The highest BCUT2D eigenvalue weighted by molar-refractivity contribution is 7.99. The molecule has 3 heterocycles. The Morgan fingerprint density at radius 3 is 1.84 bits per heavy atom. The zero-order valence-corrected chi connectivity index (χ0v) is 32.1. The Labute approximate surface area is 420 Å². The zero-order chi connectivity index (χ0) is 72.8. The van der Waals surface area contributed by atoms with Crippen molar-refractivity contribution < 1.29 is 58.5 Å². The normalized spacial score (nSPS) is 21.3. The molecule has 0 saturated carbocycles. The van der Waals surface area contributed by atoms with E-state index in [4.69, 9.17) is 32.5 Å². The van der Waals surface area contributed by atoms with Crippen LogP contribution < -0.4 is 9.64 Å². The van der Waals surface area contributed by atoms with Gasteiger partial charge in [-0.3, -0.25) is 0 Å². The summed E-state index contributed by atoms with van der Waals surface area (Å²) in [5.41, 5.74) is -14.5. The predicted octanol–water partition coefficient (Wildman–Crippen LogP) is 16.5. The minimum absolute atomic E-state index is 0.310. The molecule has 1 aromatic heterocycles. The number of anilines is 3. The van der Waals surface area contributed by atoms with E-state index in [1.54, 1.807) is 0 Å². The SMILES string of the molecule is [2H]c1cc2c(c([2H])c1[2H])Sc1c(-c3c([2H])c([2H])c(N(c4c([2H])c([2H])c(-c5c([2H])c([2H])c([2H])c([2H])c5[2H])c([2H])c4[2H])c4c([2H])c([2H])c5c(oc6c7c([2H])c([2H])c([2H])c([2H])c7c([2H])c([2H])c65)c4[2H])c([2H])c3[2H])c([2H])c([2H])c([2H])c1C21c2c([2H])c([2H])c([2H])c([2H])c2Oc2c([2H])c([2H])c([2H])c([2H])c21. The van der Waals surface area contributed by atoms with Crippen LogP contribution in [-0.2, 0) is 5.41 Å². The molecule has 0 amide bonds. The van der Waals surface area contributed by atoms with E-state index in [0.29, 0.717) is 16.7 Å². The molecule has 296 valence electrons. The molecule has 0 saturated heterocycles. The number of nitrogens with zero attached hydrogens (tertiary/aromatic N) is 1. The second-order valence-corrected chi connectivity index (χ2v) is 14.6. The van der Waals surface area contributed by atoms with Crippen molar-refractivity contribution in [2.45, 2.75) is 15.2 Å². The molecule has 0 fully saturated rings. The number of rotatable bonds is 5. The molecule has 11 aromatic rings. The fraction of sp³-hybridized carbons (Fsp3) is 0.0169. The van der Waals surface area contributed by atoms with Crippen LogP contribution >= 0.6 is 11.8 Å². The third kappa shape index (κ3) is 5.48. The van der Waals surface area contributed by atoms with Crippen LogP contribution in [0.3, 0.4) is 0 Å². The van der Waals surface area contributed by atoms with Gasteiger partial charge in [-0.25, -0.2) is 0 Å². The van der Waals surface area contributed by atoms with Crippen LogP contribution in [0.4, 0.5) is 17.1 Å². The van der Waals surface area contributed by atoms with E-state index < -0.39 is 339 Å². The third-order valence-corrected chi connectivity index (χ3v) is 11.5. The molecule has 2 aliphatic heterocycles. The third-order valence-electron chi connectivity index (χ3n) is 10.3. The monoisotopic (exact) mass is 859 g/mol. The maximum atomic E-state index is 10.1. The molecule has 13 rings (SSSR count). The van der Waals surface area contributed by atoms with E-state index in [1.165, 1.54) is 0 Å². The van der Waals surface area contributed by atoms with Crippen LogP contribution in [0.5, 0.6) is 11.5 Å². The predicted molar refractivity (Wildman–Crippen MR) is 259 cm³/mol. The van der Waals surface area contributed by atoms with E-state index in [1.807, 2.05) is 0 Å². The summed E-state index contributed by atoms with van der Waals surface area (Å²) in [4.78, 5) is -0.814. The van der Waals surface area contributed by atoms with Gasteiger partial charge in [-0.1, -0.05) is 169 Å². The van der Waals surface area contributed by atoms with Crippen LogP contribution in [0.2, 0.25) is 0 Å². The lowest BCUT2D eigenvalue weighted by atomic mass is 9.63. The minimum Gasteiger partial charge on any atom is -0.457 e. The number of fused-ring (bicyclic) bond motifs is 13. The van der Waals surface area contributed by atoms with Gasteiger partial charge >= 0.3 is 0 Å². The van der Waals surface area contributed by atoms with E-state index in [2.05, 4.69) is 0 Å². The van der Waals surface area contributed by atoms with Crippen molar-refractivity contribution in [3.8, 4) is 33.8 Å². The summed E-state index contributed by atoms with van der Waals surface area (Å²) in [6.07, 6.45) is 0. The van der Waals surface area contributed by atoms with Gasteiger partial charge in [-0.05, 0) is 99.2 Å². The van der Waals surface area contributed by atoms with Gasteiger partial charge in [0, 0.05) is 60.2 Å². The molecule has 0 unspecified atom stereocenters. The summed E-state index contributed by atoms with van der Waals surface area (Å²) >= 11 is 0.362. The number of hydrogen-bond donors (Lipinski definition) is 0. The molecule has 3 nitrogen and oxygen atoms in total. The van der Waals surface area contributed by atoms with Crippen molar-refractivity contribution in [2.75, 3.05) is 4.90 Å². The second kappa shape index (κ2) is 14.1. The fourth-order valence-electron chi connectivity index (χ4n) is 7.70. The Balaban J connectivity index is 1.20. The zero-order valence-electron chi connectivity index (χ0n) is 67.2. The van der Waals surface area contributed by atoms with Gasteiger partial charge in [0.05, 0.1) is 54.8 Å². The van der Waals surface area contributed by atoms with Crippen molar-refractivity contribution in [2.24, 2.45) is 0 Å². The summed E-state index contributed by atoms with van der Waals surface area (Å²) in [6.45, 7) is 0.